The summed E-state index contributed by atoms with van der Waals surface area (Å²) in [5, 5.41) is 3.23. The minimum atomic E-state index is -0.303. The quantitative estimate of drug-likeness (QED) is 0.527. The molecule has 1 N–H and O–H groups in total. The second-order valence-corrected chi connectivity index (χ2v) is 7.98. The number of halogens is 1. The van der Waals surface area contributed by atoms with Gasteiger partial charge in [-0.25, -0.2) is 4.39 Å². The van der Waals surface area contributed by atoms with Crippen LogP contribution in [-0.4, -0.2) is 24.1 Å². The van der Waals surface area contributed by atoms with Crippen LogP contribution in [0.3, 0.4) is 0 Å². The van der Waals surface area contributed by atoms with E-state index >= 15 is 0 Å². The largest absolute Gasteiger partial charge is 0.457 e. The molecule has 0 aliphatic carbocycles. The van der Waals surface area contributed by atoms with E-state index < -0.39 is 0 Å². The van der Waals surface area contributed by atoms with Crippen molar-refractivity contribution < 1.29 is 18.7 Å². The van der Waals surface area contributed by atoms with Crippen LogP contribution < -0.4 is 10.1 Å². The maximum atomic E-state index is 13.1. The van der Waals surface area contributed by atoms with Crippen molar-refractivity contribution in [2.45, 2.75) is 31.7 Å². The molecule has 166 valence electrons. The number of pyridine rings is 1. The first kappa shape index (κ1) is 22.0. The zero-order valence-electron chi connectivity index (χ0n) is 17.9. The van der Waals surface area contributed by atoms with Crippen LogP contribution in [0.1, 0.15) is 36.4 Å². The molecule has 4 rings (SSSR count). The highest BCUT2D eigenvalue weighted by atomic mass is 19.1. The first-order chi connectivity index (χ1) is 15.7. The summed E-state index contributed by atoms with van der Waals surface area (Å²) in [4.78, 5) is 17.1. The number of rotatable bonds is 8. The number of aryl methyl sites for hydroxylation is 1. The van der Waals surface area contributed by atoms with Crippen LogP contribution in [0.5, 0.6) is 11.5 Å². The molecule has 6 heteroatoms. The van der Waals surface area contributed by atoms with E-state index in [1.165, 1.54) is 12.1 Å². The lowest BCUT2D eigenvalue weighted by Crippen LogP contribution is -2.36. The Morgan fingerprint density at radius 1 is 1.09 bits per heavy atom. The Balaban J connectivity index is 1.36. The van der Waals surface area contributed by atoms with Gasteiger partial charge in [0.2, 0.25) is 5.91 Å². The highest BCUT2D eigenvalue weighted by molar-refractivity contribution is 5.76. The second kappa shape index (κ2) is 10.9. The van der Waals surface area contributed by atoms with E-state index in [9.17, 15) is 9.18 Å². The summed E-state index contributed by atoms with van der Waals surface area (Å²) in [5.41, 5.74) is 2.03. The Morgan fingerprint density at radius 3 is 2.66 bits per heavy atom. The van der Waals surface area contributed by atoms with Gasteiger partial charge in [0, 0.05) is 32.0 Å². The lowest BCUT2D eigenvalue weighted by atomic mass is 9.87. The minimum Gasteiger partial charge on any atom is -0.457 e. The third-order valence-corrected chi connectivity index (χ3v) is 5.69. The van der Waals surface area contributed by atoms with Crippen LogP contribution in [0.15, 0.2) is 73.1 Å². The molecule has 0 saturated carbocycles. The van der Waals surface area contributed by atoms with Crippen molar-refractivity contribution in [2.24, 2.45) is 5.92 Å². The molecule has 1 aliphatic rings. The minimum absolute atomic E-state index is 0.00945. The average Bonchev–Trinajstić information content (AvgIpc) is 2.84. The van der Waals surface area contributed by atoms with Gasteiger partial charge in [0.05, 0.1) is 6.04 Å². The van der Waals surface area contributed by atoms with Gasteiger partial charge >= 0.3 is 0 Å². The van der Waals surface area contributed by atoms with Crippen molar-refractivity contribution in [1.82, 2.24) is 10.3 Å². The van der Waals surface area contributed by atoms with Gasteiger partial charge in [-0.15, -0.1) is 0 Å². The third kappa shape index (κ3) is 6.14. The number of carbonyl (C=O) groups excluding carboxylic acids is 1. The number of hydrogen-bond donors (Lipinski definition) is 1. The zero-order valence-corrected chi connectivity index (χ0v) is 17.9. The van der Waals surface area contributed by atoms with E-state index in [0.717, 1.165) is 37.2 Å². The number of benzene rings is 2. The van der Waals surface area contributed by atoms with Gasteiger partial charge in [0.1, 0.15) is 17.3 Å². The summed E-state index contributed by atoms with van der Waals surface area (Å²) in [6.45, 7) is 1.44. The second-order valence-electron chi connectivity index (χ2n) is 7.98. The molecule has 1 saturated heterocycles. The number of nitrogens with one attached hydrogen (secondary N) is 1. The molecular weight excluding hydrogens is 407 g/mol. The van der Waals surface area contributed by atoms with E-state index in [0.29, 0.717) is 30.3 Å². The molecule has 1 amide bonds. The molecule has 1 fully saturated rings. The Morgan fingerprint density at radius 2 is 1.91 bits per heavy atom. The van der Waals surface area contributed by atoms with E-state index in [1.807, 2.05) is 42.6 Å². The van der Waals surface area contributed by atoms with Crippen molar-refractivity contribution in [3.05, 3.63) is 90.0 Å². The van der Waals surface area contributed by atoms with Crippen molar-refractivity contribution in [3.8, 4) is 11.5 Å². The van der Waals surface area contributed by atoms with Gasteiger partial charge in [-0.1, -0.05) is 18.2 Å². The molecule has 2 aromatic carbocycles. The van der Waals surface area contributed by atoms with Gasteiger partial charge in [0.25, 0.3) is 0 Å². The molecule has 1 atom stereocenters. The monoisotopic (exact) mass is 434 g/mol. The number of ether oxygens (including phenoxy) is 2. The van der Waals surface area contributed by atoms with Crippen molar-refractivity contribution >= 4 is 5.91 Å². The highest BCUT2D eigenvalue weighted by Gasteiger charge is 2.27. The molecule has 32 heavy (non-hydrogen) atoms. The molecule has 5 nitrogen and oxygen atoms in total. The van der Waals surface area contributed by atoms with Crippen molar-refractivity contribution in [2.75, 3.05) is 13.2 Å². The number of aromatic nitrogens is 1. The van der Waals surface area contributed by atoms with E-state index in [1.54, 1.807) is 18.3 Å². The summed E-state index contributed by atoms with van der Waals surface area (Å²) in [5.74, 6) is 1.27. The SMILES string of the molecule is O=C(CCc1cccc(Oc2ccc(F)cc2)c1)N[C@@H](c1cccnc1)C1CCOCC1. The number of carbonyl (C=O) groups is 1. The molecule has 3 aromatic rings. The molecule has 0 spiro atoms. The maximum Gasteiger partial charge on any atom is 0.220 e. The van der Waals surface area contributed by atoms with Crippen LogP contribution in [0.4, 0.5) is 4.39 Å². The van der Waals surface area contributed by atoms with Gasteiger partial charge in [0.15, 0.2) is 0 Å². The molecule has 2 heterocycles. The van der Waals surface area contributed by atoms with Gasteiger partial charge in [-0.05, 0) is 78.8 Å². The lowest BCUT2D eigenvalue weighted by molar-refractivity contribution is -0.122. The van der Waals surface area contributed by atoms with Crippen LogP contribution in [-0.2, 0) is 16.0 Å². The van der Waals surface area contributed by atoms with E-state index in [2.05, 4.69) is 10.3 Å². The Hall–Kier alpha value is -3.25. The first-order valence-electron chi connectivity index (χ1n) is 11.0. The number of amides is 1. The normalized spacial score (nSPS) is 15.2. The van der Waals surface area contributed by atoms with Gasteiger partial charge in [-0.2, -0.15) is 0 Å². The smallest absolute Gasteiger partial charge is 0.220 e. The lowest BCUT2D eigenvalue weighted by Gasteiger charge is -2.31. The summed E-state index contributed by atoms with van der Waals surface area (Å²) in [7, 11) is 0. The molecule has 1 aliphatic heterocycles. The summed E-state index contributed by atoms with van der Waals surface area (Å²) < 4.78 is 24.4. The highest BCUT2D eigenvalue weighted by Crippen LogP contribution is 2.30. The van der Waals surface area contributed by atoms with Crippen LogP contribution in [0, 0.1) is 11.7 Å². The molecule has 1 aromatic heterocycles. The van der Waals surface area contributed by atoms with Crippen LogP contribution in [0.25, 0.3) is 0 Å². The number of hydrogen-bond acceptors (Lipinski definition) is 4. The summed E-state index contributed by atoms with van der Waals surface area (Å²) in [6.07, 6.45) is 6.38. The van der Waals surface area contributed by atoms with Gasteiger partial charge in [-0.3, -0.25) is 9.78 Å². The Labute approximate surface area is 187 Å². The predicted molar refractivity (Wildman–Crippen MR) is 120 cm³/mol. The predicted octanol–water partition coefficient (Wildman–Crippen LogP) is 5.23. The molecule has 0 radical (unpaired) electrons. The fraction of sp³-hybridized carbons (Fsp3) is 0.308. The standard InChI is InChI=1S/C26H27FN2O3/c27-22-7-9-23(10-8-22)32-24-5-1-3-19(17-24)6-11-25(30)29-26(20-12-15-31-16-13-20)21-4-2-14-28-18-21/h1-5,7-10,14,17-18,20,26H,6,11-13,15-16H2,(H,29,30)/t26-/m1/s1. The average molecular weight is 435 g/mol. The fourth-order valence-corrected chi connectivity index (χ4v) is 3.99. The topological polar surface area (TPSA) is 60.5 Å². The van der Waals surface area contributed by atoms with Crippen LogP contribution in [0.2, 0.25) is 0 Å². The Kier molecular flexibility index (Phi) is 7.46. The van der Waals surface area contributed by atoms with Crippen molar-refractivity contribution in [3.63, 3.8) is 0 Å². The van der Waals surface area contributed by atoms with Crippen LogP contribution >= 0.6 is 0 Å². The van der Waals surface area contributed by atoms with Crippen molar-refractivity contribution in [1.29, 1.82) is 0 Å². The molecule has 0 bridgehead atoms. The van der Waals surface area contributed by atoms with E-state index in [4.69, 9.17) is 9.47 Å². The first-order valence-corrected chi connectivity index (χ1v) is 11.0. The number of nitrogens with zero attached hydrogens (tertiary/aromatic N) is 1. The third-order valence-electron chi connectivity index (χ3n) is 5.69. The maximum absolute atomic E-state index is 13.1. The summed E-state index contributed by atoms with van der Waals surface area (Å²) >= 11 is 0. The fourth-order valence-electron chi connectivity index (χ4n) is 3.99. The summed E-state index contributed by atoms with van der Waals surface area (Å²) in [6, 6.07) is 17.4. The Bertz CT molecular complexity index is 1010. The van der Waals surface area contributed by atoms with E-state index in [-0.39, 0.29) is 17.8 Å². The molecular formula is C26H27FN2O3. The zero-order chi connectivity index (χ0) is 22.2. The van der Waals surface area contributed by atoms with Gasteiger partial charge < -0.3 is 14.8 Å². The molecule has 0 unspecified atom stereocenters.